The Bertz CT molecular complexity index is 409. The minimum absolute atomic E-state index is 0.259. The van der Waals surface area contributed by atoms with E-state index in [1.165, 1.54) is 4.46 Å². The van der Waals surface area contributed by atoms with Crippen LogP contribution in [-0.4, -0.2) is 36.4 Å². The summed E-state index contributed by atoms with van der Waals surface area (Å²) < 4.78 is 1.33. The molecule has 1 aliphatic rings. The van der Waals surface area contributed by atoms with E-state index in [9.17, 15) is 10.2 Å². The molecule has 1 saturated carbocycles. The summed E-state index contributed by atoms with van der Waals surface area (Å²) in [6.45, 7) is 5.75. The monoisotopic (exact) mass is 328 g/mol. The maximum absolute atomic E-state index is 10.6. The van der Waals surface area contributed by atoms with Crippen LogP contribution in [0, 0.1) is 5.92 Å². The summed E-state index contributed by atoms with van der Waals surface area (Å²) in [7, 11) is 0. The molecule has 2 rings (SSSR count). The van der Waals surface area contributed by atoms with Crippen molar-refractivity contribution in [2.45, 2.75) is 56.1 Å². The van der Waals surface area contributed by atoms with Crippen LogP contribution in [0.5, 0.6) is 0 Å². The number of hydrogen-bond acceptors (Lipinski definition) is 2. The van der Waals surface area contributed by atoms with Crippen LogP contribution < -0.4 is 4.46 Å². The predicted molar refractivity (Wildman–Crippen MR) is 79.8 cm³/mol. The van der Waals surface area contributed by atoms with Gasteiger partial charge < -0.3 is 0 Å². The SMILES string of the molecule is CC1(O)CC[C@@H](C(C)(C)O)CC1[Se]c1ccccc1. The van der Waals surface area contributed by atoms with Crippen LogP contribution in [-0.2, 0) is 0 Å². The quantitative estimate of drug-likeness (QED) is 0.835. The second kappa shape index (κ2) is 5.57. The summed E-state index contributed by atoms with van der Waals surface area (Å²) in [6.07, 6.45) is 2.63. The van der Waals surface area contributed by atoms with E-state index < -0.39 is 11.2 Å². The first-order valence-electron chi connectivity index (χ1n) is 6.95. The van der Waals surface area contributed by atoms with E-state index in [1.54, 1.807) is 0 Å². The van der Waals surface area contributed by atoms with Crippen molar-refractivity contribution in [1.29, 1.82) is 0 Å². The Morgan fingerprint density at radius 3 is 2.47 bits per heavy atom. The third-order valence-electron chi connectivity index (χ3n) is 4.21. The molecule has 0 bridgehead atoms. The van der Waals surface area contributed by atoms with Gasteiger partial charge in [0.1, 0.15) is 0 Å². The van der Waals surface area contributed by atoms with Crippen LogP contribution in [0.3, 0.4) is 0 Å². The zero-order valence-corrected chi connectivity index (χ0v) is 13.7. The molecule has 0 spiro atoms. The summed E-state index contributed by atoms with van der Waals surface area (Å²) in [6, 6.07) is 10.4. The van der Waals surface area contributed by atoms with E-state index >= 15 is 0 Å². The summed E-state index contributed by atoms with van der Waals surface area (Å²) in [5.74, 6) is 0.295. The Hall–Kier alpha value is -0.341. The van der Waals surface area contributed by atoms with Crippen LogP contribution in [0.1, 0.15) is 40.0 Å². The van der Waals surface area contributed by atoms with Gasteiger partial charge in [0.2, 0.25) is 0 Å². The van der Waals surface area contributed by atoms with Crippen LogP contribution in [0.2, 0.25) is 4.82 Å². The zero-order chi connectivity index (χ0) is 14.1. The fourth-order valence-corrected chi connectivity index (χ4v) is 5.56. The van der Waals surface area contributed by atoms with Gasteiger partial charge in [-0.1, -0.05) is 0 Å². The maximum atomic E-state index is 10.6. The molecule has 0 heterocycles. The van der Waals surface area contributed by atoms with Gasteiger partial charge >= 0.3 is 122 Å². The Morgan fingerprint density at radius 1 is 1.26 bits per heavy atom. The van der Waals surface area contributed by atoms with Crippen molar-refractivity contribution in [3.8, 4) is 0 Å². The molecule has 1 aromatic carbocycles. The standard InChI is InChI=1S/C16H24O2Se/c1-15(2,17)12-9-10-16(3,18)14(11-12)19-13-7-5-4-6-8-13/h4-8,12,14,17-18H,9-11H2,1-3H3/t12-,14?,16?/m1/s1. The molecule has 0 aromatic heterocycles. The number of hydrogen-bond donors (Lipinski definition) is 2. The predicted octanol–water partition coefficient (Wildman–Crippen LogP) is 2.13. The van der Waals surface area contributed by atoms with Crippen molar-refractivity contribution in [2.24, 2.45) is 5.92 Å². The van der Waals surface area contributed by atoms with Crippen LogP contribution in [0.4, 0.5) is 0 Å². The molecule has 2 N–H and O–H groups in total. The Kier molecular flexibility index (Phi) is 4.42. The molecule has 3 atom stereocenters. The molecule has 1 fully saturated rings. The van der Waals surface area contributed by atoms with E-state index in [-0.39, 0.29) is 19.8 Å². The van der Waals surface area contributed by atoms with E-state index in [0.717, 1.165) is 19.3 Å². The first kappa shape index (κ1) is 15.1. The van der Waals surface area contributed by atoms with Gasteiger partial charge in [-0.15, -0.1) is 0 Å². The number of aliphatic hydroxyl groups is 2. The minimum atomic E-state index is -0.637. The first-order chi connectivity index (χ1) is 8.79. The molecule has 1 aliphatic carbocycles. The molecular weight excluding hydrogens is 303 g/mol. The fourth-order valence-electron chi connectivity index (χ4n) is 2.74. The molecule has 2 nitrogen and oxygen atoms in total. The number of rotatable bonds is 3. The van der Waals surface area contributed by atoms with Crippen LogP contribution in [0.15, 0.2) is 30.3 Å². The van der Waals surface area contributed by atoms with Crippen molar-refractivity contribution in [3.05, 3.63) is 30.3 Å². The van der Waals surface area contributed by atoms with Gasteiger partial charge in [0, 0.05) is 0 Å². The molecule has 2 unspecified atom stereocenters. The average molecular weight is 327 g/mol. The van der Waals surface area contributed by atoms with Crippen molar-refractivity contribution in [1.82, 2.24) is 0 Å². The topological polar surface area (TPSA) is 40.5 Å². The van der Waals surface area contributed by atoms with Gasteiger partial charge in [0.05, 0.1) is 0 Å². The fraction of sp³-hybridized carbons (Fsp3) is 0.625. The van der Waals surface area contributed by atoms with E-state index in [2.05, 4.69) is 24.3 Å². The summed E-state index contributed by atoms with van der Waals surface area (Å²) in [5.41, 5.74) is -1.22. The molecule has 19 heavy (non-hydrogen) atoms. The van der Waals surface area contributed by atoms with E-state index in [1.807, 2.05) is 26.8 Å². The third-order valence-corrected chi connectivity index (χ3v) is 7.42. The molecule has 1 aromatic rings. The van der Waals surface area contributed by atoms with Gasteiger partial charge in [-0.2, -0.15) is 0 Å². The van der Waals surface area contributed by atoms with E-state index in [4.69, 9.17) is 0 Å². The second-order valence-corrected chi connectivity index (χ2v) is 9.08. The van der Waals surface area contributed by atoms with Crippen molar-refractivity contribution in [2.75, 3.05) is 0 Å². The summed E-state index contributed by atoms with van der Waals surface area (Å²) >= 11 is 0.259. The Balaban J connectivity index is 2.11. The zero-order valence-electron chi connectivity index (χ0n) is 12.0. The van der Waals surface area contributed by atoms with E-state index in [0.29, 0.717) is 5.92 Å². The van der Waals surface area contributed by atoms with Gasteiger partial charge in [0.15, 0.2) is 0 Å². The molecule has 0 radical (unpaired) electrons. The van der Waals surface area contributed by atoms with Crippen LogP contribution >= 0.6 is 0 Å². The van der Waals surface area contributed by atoms with Gasteiger partial charge in [-0.25, -0.2) is 0 Å². The van der Waals surface area contributed by atoms with Crippen LogP contribution in [0.25, 0.3) is 0 Å². The Morgan fingerprint density at radius 2 is 1.89 bits per heavy atom. The molecule has 0 aliphatic heterocycles. The van der Waals surface area contributed by atoms with Crippen molar-refractivity contribution in [3.63, 3.8) is 0 Å². The second-order valence-electron chi connectivity index (χ2n) is 6.40. The summed E-state index contributed by atoms with van der Waals surface area (Å²) in [4.78, 5) is 0.285. The first-order valence-corrected chi connectivity index (χ1v) is 8.80. The molecular formula is C16H24O2Se. The van der Waals surface area contributed by atoms with Gasteiger partial charge in [-0.05, 0) is 0 Å². The van der Waals surface area contributed by atoms with Gasteiger partial charge in [-0.3, -0.25) is 0 Å². The Labute approximate surface area is 122 Å². The average Bonchev–Trinajstić information content (AvgIpc) is 2.31. The molecule has 0 amide bonds. The molecule has 0 saturated heterocycles. The molecule has 3 heteroatoms. The van der Waals surface area contributed by atoms with Gasteiger partial charge in [0.25, 0.3) is 0 Å². The van der Waals surface area contributed by atoms with Crippen molar-refractivity contribution < 1.29 is 10.2 Å². The molecule has 106 valence electrons. The number of benzene rings is 1. The summed E-state index contributed by atoms with van der Waals surface area (Å²) in [5, 5.41) is 20.8. The van der Waals surface area contributed by atoms with Crippen molar-refractivity contribution >= 4 is 19.4 Å². The normalized spacial score (nSPS) is 32.3. The third kappa shape index (κ3) is 3.82.